The molecule has 0 saturated heterocycles. The summed E-state index contributed by atoms with van der Waals surface area (Å²) in [7, 11) is 0. The minimum absolute atomic E-state index is 0.242. The van der Waals surface area contributed by atoms with Crippen molar-refractivity contribution >= 4 is 6.09 Å². The van der Waals surface area contributed by atoms with E-state index in [0.717, 1.165) is 0 Å². The Morgan fingerprint density at radius 2 is 1.87 bits per heavy atom. The van der Waals surface area contributed by atoms with Crippen molar-refractivity contribution in [1.29, 1.82) is 0 Å². The first-order valence-corrected chi connectivity index (χ1v) is 8.52. The maximum atomic E-state index is 11.6. The highest BCUT2D eigenvalue weighted by molar-refractivity contribution is 5.67. The van der Waals surface area contributed by atoms with Crippen LogP contribution in [0.1, 0.15) is 57.6 Å². The van der Waals surface area contributed by atoms with Gasteiger partial charge in [-0.25, -0.2) is 4.79 Å². The maximum Gasteiger partial charge on any atom is 0.407 e. The van der Waals surface area contributed by atoms with E-state index in [-0.39, 0.29) is 12.1 Å². The summed E-state index contributed by atoms with van der Waals surface area (Å²) in [6, 6.07) is 9.63. The molecule has 1 amide bonds. The highest BCUT2D eigenvalue weighted by Crippen LogP contribution is 2.37. The van der Waals surface area contributed by atoms with Crippen molar-refractivity contribution < 1.29 is 9.53 Å². The van der Waals surface area contributed by atoms with E-state index in [9.17, 15) is 4.79 Å². The Morgan fingerprint density at radius 3 is 2.43 bits per heavy atom. The molecule has 1 fully saturated rings. The lowest BCUT2D eigenvalue weighted by Crippen LogP contribution is -2.49. The second-order valence-electron chi connectivity index (χ2n) is 7.73. The second-order valence-corrected chi connectivity index (χ2v) is 7.73. The lowest BCUT2D eigenvalue weighted by Gasteiger charge is -2.38. The Morgan fingerprint density at radius 1 is 1.26 bits per heavy atom. The van der Waals surface area contributed by atoms with Crippen LogP contribution in [-0.4, -0.2) is 30.3 Å². The average molecular weight is 318 g/mol. The van der Waals surface area contributed by atoms with Gasteiger partial charge in [-0.3, -0.25) is 0 Å². The summed E-state index contributed by atoms with van der Waals surface area (Å²) >= 11 is 0. The smallest absolute Gasteiger partial charge is 0.407 e. The van der Waals surface area contributed by atoms with E-state index < -0.39 is 5.60 Å². The molecule has 0 aromatic heterocycles. The molecular weight excluding hydrogens is 288 g/mol. The fraction of sp³-hybridized carbons (Fsp3) is 0.632. The fourth-order valence-corrected chi connectivity index (χ4v) is 2.88. The van der Waals surface area contributed by atoms with Crippen molar-refractivity contribution in [3.63, 3.8) is 0 Å². The summed E-state index contributed by atoms with van der Waals surface area (Å²) in [6.45, 7) is 10.4. The van der Waals surface area contributed by atoms with E-state index in [1.54, 1.807) is 0 Å². The molecule has 4 heteroatoms. The van der Waals surface area contributed by atoms with E-state index in [1.807, 2.05) is 20.8 Å². The molecule has 1 atom stereocenters. The third kappa shape index (κ3) is 5.87. The summed E-state index contributed by atoms with van der Waals surface area (Å²) in [5, 5.41) is 6.39. The molecule has 0 heterocycles. The van der Waals surface area contributed by atoms with Gasteiger partial charge in [-0.2, -0.15) is 0 Å². The predicted molar refractivity (Wildman–Crippen MR) is 93.8 cm³/mol. The molecule has 2 N–H and O–H groups in total. The van der Waals surface area contributed by atoms with Gasteiger partial charge in [0.05, 0.1) is 0 Å². The monoisotopic (exact) mass is 318 g/mol. The first-order valence-electron chi connectivity index (χ1n) is 8.52. The molecule has 0 bridgehead atoms. The van der Waals surface area contributed by atoms with Crippen LogP contribution in [0.3, 0.4) is 0 Å². The molecule has 1 aromatic rings. The molecule has 23 heavy (non-hydrogen) atoms. The van der Waals surface area contributed by atoms with E-state index in [2.05, 4.69) is 48.7 Å². The van der Waals surface area contributed by atoms with Crippen LogP contribution in [0.15, 0.2) is 24.3 Å². The van der Waals surface area contributed by atoms with Gasteiger partial charge in [0.1, 0.15) is 5.60 Å². The lowest BCUT2D eigenvalue weighted by atomic mass is 9.75. The molecule has 1 aromatic carbocycles. The molecule has 1 unspecified atom stereocenters. The zero-order valence-electron chi connectivity index (χ0n) is 15.0. The number of hydrogen-bond acceptors (Lipinski definition) is 3. The highest BCUT2D eigenvalue weighted by atomic mass is 16.6. The Hall–Kier alpha value is -1.55. The normalized spacial score (nSPS) is 22.1. The predicted octanol–water partition coefficient (Wildman–Crippen LogP) is 3.74. The van der Waals surface area contributed by atoms with Gasteiger partial charge in [-0.15, -0.1) is 0 Å². The van der Waals surface area contributed by atoms with Crippen LogP contribution in [0.2, 0.25) is 0 Å². The number of benzene rings is 1. The largest absolute Gasteiger partial charge is 0.444 e. The minimum Gasteiger partial charge on any atom is -0.444 e. The molecule has 128 valence electrons. The number of aryl methyl sites for hydroxylation is 1. The van der Waals surface area contributed by atoms with Crippen LogP contribution < -0.4 is 10.6 Å². The number of hydrogen-bond donors (Lipinski definition) is 2. The van der Waals surface area contributed by atoms with Gasteiger partial charge in [-0.1, -0.05) is 29.8 Å². The van der Waals surface area contributed by atoms with Crippen molar-refractivity contribution in [1.82, 2.24) is 10.6 Å². The zero-order chi connectivity index (χ0) is 17.0. The van der Waals surface area contributed by atoms with Crippen LogP contribution >= 0.6 is 0 Å². The van der Waals surface area contributed by atoms with Crippen LogP contribution in [-0.2, 0) is 4.74 Å². The first-order chi connectivity index (χ1) is 10.7. The molecule has 1 aliphatic rings. The van der Waals surface area contributed by atoms with Gasteiger partial charge in [0.15, 0.2) is 0 Å². The summed E-state index contributed by atoms with van der Waals surface area (Å²) in [5.41, 5.74) is 2.30. The highest BCUT2D eigenvalue weighted by Gasteiger charge is 2.30. The van der Waals surface area contributed by atoms with Gasteiger partial charge in [0, 0.05) is 18.6 Å². The quantitative estimate of drug-likeness (QED) is 0.869. The van der Waals surface area contributed by atoms with E-state index >= 15 is 0 Å². The molecule has 1 saturated carbocycles. The minimum atomic E-state index is -0.448. The first kappa shape index (κ1) is 17.8. The van der Waals surface area contributed by atoms with Crippen molar-refractivity contribution in [3.8, 4) is 0 Å². The maximum absolute atomic E-state index is 11.6. The summed E-state index contributed by atoms with van der Waals surface area (Å²) < 4.78 is 5.24. The van der Waals surface area contributed by atoms with Crippen LogP contribution in [0, 0.1) is 6.92 Å². The molecule has 0 aliphatic heterocycles. The number of nitrogens with one attached hydrogen (secondary N) is 2. The van der Waals surface area contributed by atoms with E-state index in [4.69, 9.17) is 4.74 Å². The molecular formula is C19H30N2O2. The fourth-order valence-electron chi connectivity index (χ4n) is 2.88. The average Bonchev–Trinajstić information content (AvgIpc) is 2.39. The number of amides is 1. The third-order valence-corrected chi connectivity index (χ3v) is 4.16. The number of ether oxygens (including phenoxy) is 1. The van der Waals surface area contributed by atoms with Gasteiger partial charge in [0.25, 0.3) is 0 Å². The van der Waals surface area contributed by atoms with Crippen molar-refractivity contribution in [2.75, 3.05) is 6.54 Å². The lowest BCUT2D eigenvalue weighted by molar-refractivity contribution is 0.0521. The molecule has 0 spiro atoms. The SMILES string of the molecule is Cc1ccc(C2CC(NC(C)CNC(=O)OC(C)(C)C)C2)cc1. The molecule has 0 radical (unpaired) electrons. The van der Waals surface area contributed by atoms with E-state index in [0.29, 0.717) is 18.5 Å². The van der Waals surface area contributed by atoms with Crippen LogP contribution in [0.4, 0.5) is 4.79 Å². The number of rotatable bonds is 5. The number of carbonyl (C=O) groups excluding carboxylic acids is 1. The van der Waals surface area contributed by atoms with Gasteiger partial charge in [-0.05, 0) is 58.9 Å². The van der Waals surface area contributed by atoms with Gasteiger partial charge >= 0.3 is 6.09 Å². The third-order valence-electron chi connectivity index (χ3n) is 4.16. The van der Waals surface area contributed by atoms with Crippen molar-refractivity contribution in [3.05, 3.63) is 35.4 Å². The molecule has 1 aliphatic carbocycles. The Balaban J connectivity index is 1.65. The van der Waals surface area contributed by atoms with E-state index in [1.165, 1.54) is 24.0 Å². The molecule has 4 nitrogen and oxygen atoms in total. The number of alkyl carbamates (subject to hydrolysis) is 1. The second kappa shape index (κ2) is 7.35. The van der Waals surface area contributed by atoms with Crippen LogP contribution in [0.5, 0.6) is 0 Å². The molecule has 2 rings (SSSR count). The van der Waals surface area contributed by atoms with Crippen molar-refractivity contribution in [2.24, 2.45) is 0 Å². The Bertz CT molecular complexity index is 513. The topological polar surface area (TPSA) is 50.4 Å². The van der Waals surface area contributed by atoms with Crippen molar-refractivity contribution in [2.45, 2.75) is 71.1 Å². The summed E-state index contributed by atoms with van der Waals surface area (Å²) in [4.78, 5) is 11.6. The summed E-state index contributed by atoms with van der Waals surface area (Å²) in [5.74, 6) is 0.666. The summed E-state index contributed by atoms with van der Waals surface area (Å²) in [6.07, 6.45) is 1.98. The standard InChI is InChI=1S/C19H30N2O2/c1-13-6-8-15(9-7-13)16-10-17(11-16)21-14(2)12-20-18(22)23-19(3,4)5/h6-9,14,16-17,21H,10-12H2,1-5H3,(H,20,22). The van der Waals surface area contributed by atoms with Gasteiger partial charge in [0.2, 0.25) is 0 Å². The van der Waals surface area contributed by atoms with Crippen LogP contribution in [0.25, 0.3) is 0 Å². The number of carbonyl (C=O) groups is 1. The zero-order valence-corrected chi connectivity index (χ0v) is 15.0. The Kier molecular flexibility index (Phi) is 5.69. The Labute approximate surface area is 140 Å². The van der Waals surface area contributed by atoms with Gasteiger partial charge < -0.3 is 15.4 Å².